The number of carbonyl (C=O) groups is 2. The lowest BCUT2D eigenvalue weighted by atomic mass is 9.47. The summed E-state index contributed by atoms with van der Waals surface area (Å²) in [7, 11) is 1.67. The van der Waals surface area contributed by atoms with Gasteiger partial charge in [-0.1, -0.05) is 20.4 Å². The molecule has 1 aliphatic heterocycles. The molecule has 0 spiro atoms. The Morgan fingerprint density at radius 1 is 1.42 bits per heavy atom. The molecule has 4 fully saturated rings. The summed E-state index contributed by atoms with van der Waals surface area (Å²) >= 11 is 0. The van der Waals surface area contributed by atoms with Gasteiger partial charge in [-0.2, -0.15) is 0 Å². The van der Waals surface area contributed by atoms with E-state index in [1.54, 1.807) is 14.0 Å². The van der Waals surface area contributed by atoms with E-state index < -0.39 is 11.6 Å². The highest BCUT2D eigenvalue weighted by Gasteiger charge is 2.69. The fraction of sp³-hybridized carbons (Fsp3) is 0.789. The van der Waals surface area contributed by atoms with Crippen molar-refractivity contribution in [1.29, 1.82) is 0 Å². The maximum atomic E-state index is 12.4. The Morgan fingerprint density at radius 3 is 2.62 bits per heavy atom. The van der Waals surface area contributed by atoms with Gasteiger partial charge in [0.05, 0.1) is 12.5 Å². The zero-order valence-electron chi connectivity index (χ0n) is 15.2. The van der Waals surface area contributed by atoms with Crippen molar-refractivity contribution in [3.05, 3.63) is 12.2 Å². The van der Waals surface area contributed by atoms with Crippen molar-refractivity contribution in [3.8, 4) is 0 Å². The summed E-state index contributed by atoms with van der Waals surface area (Å²) in [6.07, 6.45) is 0.626. The van der Waals surface area contributed by atoms with Crippen LogP contribution in [0, 0.1) is 35.5 Å². The summed E-state index contributed by atoms with van der Waals surface area (Å²) in [6.45, 7) is 12.1. The molecule has 7 unspecified atom stereocenters. The zero-order valence-corrected chi connectivity index (χ0v) is 15.2. The number of hydrogen-bond donors (Lipinski definition) is 0. The summed E-state index contributed by atoms with van der Waals surface area (Å²) in [5.41, 5.74) is -0.468. The molecule has 4 rings (SSSR count). The molecule has 0 aromatic heterocycles. The molecule has 1 saturated heterocycles. The Balaban J connectivity index is 2.03. The molecule has 0 aromatic rings. The second-order valence-corrected chi connectivity index (χ2v) is 8.16. The van der Waals surface area contributed by atoms with Crippen LogP contribution in [0.4, 0.5) is 0 Å². The third-order valence-electron chi connectivity index (χ3n) is 6.52. The number of esters is 2. The first-order valence-electron chi connectivity index (χ1n) is 8.80. The second-order valence-electron chi connectivity index (χ2n) is 8.16. The van der Waals surface area contributed by atoms with Gasteiger partial charge in [-0.05, 0) is 38.0 Å². The molecule has 0 amide bonds. The lowest BCUT2D eigenvalue weighted by Crippen LogP contribution is -2.69. The maximum absolute atomic E-state index is 12.4. The largest absolute Gasteiger partial charge is 0.465 e. The highest BCUT2D eigenvalue weighted by atomic mass is 16.6. The van der Waals surface area contributed by atoms with Crippen molar-refractivity contribution in [2.24, 2.45) is 35.5 Å². The van der Waals surface area contributed by atoms with Crippen molar-refractivity contribution >= 4 is 11.9 Å². The van der Waals surface area contributed by atoms with Crippen LogP contribution < -0.4 is 0 Å². The first-order chi connectivity index (χ1) is 11.2. The molecule has 3 aliphatic carbocycles. The minimum Gasteiger partial charge on any atom is -0.465 e. The maximum Gasteiger partial charge on any atom is 0.333 e. The van der Waals surface area contributed by atoms with Gasteiger partial charge in [0.15, 0.2) is 0 Å². The molecule has 24 heavy (non-hydrogen) atoms. The topological polar surface area (TPSA) is 61.8 Å². The van der Waals surface area contributed by atoms with E-state index in [-0.39, 0.29) is 35.7 Å². The molecule has 0 N–H and O–H groups in total. The van der Waals surface area contributed by atoms with Crippen LogP contribution >= 0.6 is 0 Å². The van der Waals surface area contributed by atoms with E-state index in [0.29, 0.717) is 24.0 Å². The molecule has 1 heterocycles. The van der Waals surface area contributed by atoms with E-state index in [1.165, 1.54) is 0 Å². The standard InChI is InChI=1S/C19H28O5/c1-9(2)11-7-13-15-12(8-23-18(15)21)14(11)16(22-6)19(13,5)24-17(20)10(3)4/h9,11-16H,3,7-8H2,1-2,4-6H3. The summed E-state index contributed by atoms with van der Waals surface area (Å²) in [4.78, 5) is 24.6. The van der Waals surface area contributed by atoms with E-state index in [2.05, 4.69) is 20.4 Å². The van der Waals surface area contributed by atoms with Crippen molar-refractivity contribution in [2.45, 2.75) is 45.8 Å². The van der Waals surface area contributed by atoms with Crippen LogP contribution in [0.25, 0.3) is 0 Å². The molecule has 4 aliphatic rings. The predicted molar refractivity (Wildman–Crippen MR) is 88.0 cm³/mol. The van der Waals surface area contributed by atoms with Crippen LogP contribution in [0.15, 0.2) is 12.2 Å². The highest BCUT2D eigenvalue weighted by Crippen LogP contribution is 2.61. The zero-order chi connectivity index (χ0) is 17.8. The molecule has 0 aromatic carbocycles. The summed E-state index contributed by atoms with van der Waals surface area (Å²) in [5, 5.41) is 0. The summed E-state index contributed by atoms with van der Waals surface area (Å²) in [6, 6.07) is 0. The SMILES string of the molecule is C=C(C)C(=O)OC1(C)C2CC(C(C)C)C(C3COC(=O)C32)C1OC. The Bertz CT molecular complexity index is 568. The van der Waals surface area contributed by atoms with Crippen LogP contribution in [0.2, 0.25) is 0 Å². The third-order valence-corrected chi connectivity index (χ3v) is 6.52. The van der Waals surface area contributed by atoms with Gasteiger partial charge in [0, 0.05) is 24.5 Å². The Hall–Kier alpha value is -1.36. The number of fused-ring (bicyclic) bond motifs is 2. The number of carbonyl (C=O) groups excluding carboxylic acids is 2. The van der Waals surface area contributed by atoms with E-state index >= 15 is 0 Å². The minimum atomic E-state index is -0.828. The van der Waals surface area contributed by atoms with Gasteiger partial charge in [-0.3, -0.25) is 4.79 Å². The van der Waals surface area contributed by atoms with Gasteiger partial charge in [-0.15, -0.1) is 0 Å². The molecule has 3 saturated carbocycles. The Labute approximate surface area is 143 Å². The molecule has 2 bridgehead atoms. The number of methoxy groups -OCH3 is 1. The van der Waals surface area contributed by atoms with E-state index in [1.807, 2.05) is 6.92 Å². The Kier molecular flexibility index (Phi) is 4.27. The number of rotatable bonds is 4. The molecule has 134 valence electrons. The summed E-state index contributed by atoms with van der Waals surface area (Å²) < 4.78 is 17.2. The minimum absolute atomic E-state index is 0.0804. The Morgan fingerprint density at radius 2 is 2.08 bits per heavy atom. The quantitative estimate of drug-likeness (QED) is 0.583. The molecule has 0 radical (unpaired) electrons. The summed E-state index contributed by atoms with van der Waals surface area (Å²) in [5.74, 6) is 0.382. The molecular weight excluding hydrogens is 308 g/mol. The monoisotopic (exact) mass is 336 g/mol. The molecule has 5 nitrogen and oxygen atoms in total. The lowest BCUT2D eigenvalue weighted by molar-refractivity contribution is -0.251. The lowest BCUT2D eigenvalue weighted by Gasteiger charge is -2.61. The molecule has 7 atom stereocenters. The predicted octanol–water partition coefficient (Wildman–Crippen LogP) is 2.59. The fourth-order valence-corrected chi connectivity index (χ4v) is 5.44. The van der Waals surface area contributed by atoms with Crippen LogP contribution in [0.1, 0.15) is 34.1 Å². The number of cyclic esters (lactones) is 1. The van der Waals surface area contributed by atoms with Crippen LogP contribution in [0.5, 0.6) is 0 Å². The number of ether oxygens (including phenoxy) is 3. The van der Waals surface area contributed by atoms with Crippen LogP contribution in [-0.2, 0) is 23.8 Å². The van der Waals surface area contributed by atoms with Crippen molar-refractivity contribution in [2.75, 3.05) is 13.7 Å². The molecule has 5 heteroatoms. The third kappa shape index (κ3) is 2.32. The first-order valence-corrected chi connectivity index (χ1v) is 8.80. The number of hydrogen-bond acceptors (Lipinski definition) is 5. The second kappa shape index (κ2) is 5.87. The van der Waals surface area contributed by atoms with Gasteiger partial charge in [-0.25, -0.2) is 4.79 Å². The normalized spacial score (nSPS) is 43.5. The van der Waals surface area contributed by atoms with Gasteiger partial charge < -0.3 is 14.2 Å². The average Bonchev–Trinajstić information content (AvgIpc) is 2.90. The van der Waals surface area contributed by atoms with Crippen molar-refractivity contribution < 1.29 is 23.8 Å². The van der Waals surface area contributed by atoms with Gasteiger partial charge >= 0.3 is 11.9 Å². The van der Waals surface area contributed by atoms with Gasteiger partial charge in [0.2, 0.25) is 0 Å². The van der Waals surface area contributed by atoms with E-state index in [0.717, 1.165) is 6.42 Å². The van der Waals surface area contributed by atoms with Gasteiger partial charge in [0.1, 0.15) is 11.7 Å². The van der Waals surface area contributed by atoms with Crippen molar-refractivity contribution in [1.82, 2.24) is 0 Å². The van der Waals surface area contributed by atoms with Gasteiger partial charge in [0.25, 0.3) is 0 Å². The van der Waals surface area contributed by atoms with Crippen LogP contribution in [-0.4, -0.2) is 37.4 Å². The van der Waals surface area contributed by atoms with E-state index in [9.17, 15) is 9.59 Å². The van der Waals surface area contributed by atoms with Crippen molar-refractivity contribution in [3.63, 3.8) is 0 Å². The first kappa shape index (κ1) is 17.5. The average molecular weight is 336 g/mol. The highest BCUT2D eigenvalue weighted by molar-refractivity contribution is 5.87. The molecular formula is C19H28O5. The fourth-order valence-electron chi connectivity index (χ4n) is 5.44. The van der Waals surface area contributed by atoms with Crippen LogP contribution in [0.3, 0.4) is 0 Å². The smallest absolute Gasteiger partial charge is 0.333 e. The van der Waals surface area contributed by atoms with E-state index in [4.69, 9.17) is 14.2 Å².